The molecule has 1 amide bonds. The Morgan fingerprint density at radius 1 is 0.394 bits per heavy atom. The van der Waals surface area contributed by atoms with Crippen molar-refractivity contribution in [3.05, 3.63) is 48.6 Å². The van der Waals surface area contributed by atoms with Crippen molar-refractivity contribution in [2.24, 2.45) is 0 Å². The van der Waals surface area contributed by atoms with Crippen molar-refractivity contribution < 1.29 is 24.5 Å². The predicted octanol–water partition coefficient (Wildman–Crippen LogP) is 19.7. The number of unbranched alkanes of at least 4 members (excludes halogenated alkanes) is 41. The van der Waals surface area contributed by atoms with E-state index in [0.29, 0.717) is 19.4 Å². The lowest BCUT2D eigenvalue weighted by Gasteiger charge is -2.20. The van der Waals surface area contributed by atoms with Gasteiger partial charge >= 0.3 is 5.97 Å². The first-order valence-electron chi connectivity index (χ1n) is 31.4. The zero-order valence-electron chi connectivity index (χ0n) is 47.5. The molecule has 0 aliphatic rings. The predicted molar refractivity (Wildman–Crippen MR) is 310 cm³/mol. The first kappa shape index (κ1) is 68.8. The third kappa shape index (κ3) is 57.0. The fourth-order valence-electron chi connectivity index (χ4n) is 9.48. The minimum Gasteiger partial charge on any atom is -0.466 e. The minimum absolute atomic E-state index is 0.0314. The SMILES string of the molecule is CCCCCC/C=C\C/C=C\CCCCCCCCCC(=O)OCCCCC/C=C\CCCCCCCC(=O)NC(CO)C(O)/C=C/CCCCCCCCCCCCCCCCCCCCCCCC. The highest BCUT2D eigenvalue weighted by atomic mass is 16.5. The molecule has 0 aliphatic carbocycles. The number of hydrogen-bond donors (Lipinski definition) is 3. The third-order valence-electron chi connectivity index (χ3n) is 14.3. The maximum atomic E-state index is 12.5. The summed E-state index contributed by atoms with van der Waals surface area (Å²) in [6, 6.07) is -0.650. The monoisotopic (exact) mass is 996 g/mol. The molecule has 0 saturated heterocycles. The van der Waals surface area contributed by atoms with Gasteiger partial charge in [0.25, 0.3) is 0 Å². The Kier molecular flexibility index (Phi) is 58.5. The molecular formula is C65H121NO5. The van der Waals surface area contributed by atoms with Gasteiger partial charge in [0.05, 0.1) is 25.4 Å². The zero-order valence-corrected chi connectivity index (χ0v) is 47.5. The number of carbonyl (C=O) groups is 2. The third-order valence-corrected chi connectivity index (χ3v) is 14.3. The van der Waals surface area contributed by atoms with Crippen LogP contribution in [0.1, 0.15) is 328 Å². The van der Waals surface area contributed by atoms with Crippen molar-refractivity contribution in [2.75, 3.05) is 13.2 Å². The van der Waals surface area contributed by atoms with Crippen molar-refractivity contribution in [1.82, 2.24) is 5.32 Å². The molecule has 0 aromatic heterocycles. The average Bonchev–Trinajstić information content (AvgIpc) is 3.37. The summed E-state index contributed by atoms with van der Waals surface area (Å²) in [4.78, 5) is 24.6. The number of rotatable bonds is 58. The summed E-state index contributed by atoms with van der Waals surface area (Å²) in [5.41, 5.74) is 0. The van der Waals surface area contributed by atoms with Gasteiger partial charge in [0.1, 0.15) is 0 Å². The Morgan fingerprint density at radius 2 is 0.704 bits per heavy atom. The van der Waals surface area contributed by atoms with E-state index >= 15 is 0 Å². The second-order valence-corrected chi connectivity index (χ2v) is 21.4. The van der Waals surface area contributed by atoms with E-state index in [1.807, 2.05) is 6.08 Å². The topological polar surface area (TPSA) is 95.9 Å². The molecule has 0 rings (SSSR count). The lowest BCUT2D eigenvalue weighted by molar-refractivity contribution is -0.143. The first-order chi connectivity index (χ1) is 35.0. The van der Waals surface area contributed by atoms with Crippen molar-refractivity contribution in [3.63, 3.8) is 0 Å². The van der Waals surface area contributed by atoms with Crippen LogP contribution in [0, 0.1) is 0 Å². The van der Waals surface area contributed by atoms with Gasteiger partial charge < -0.3 is 20.3 Å². The van der Waals surface area contributed by atoms with Gasteiger partial charge in [0, 0.05) is 12.8 Å². The molecule has 0 saturated carbocycles. The van der Waals surface area contributed by atoms with Gasteiger partial charge in [-0.05, 0) is 96.3 Å². The highest BCUT2D eigenvalue weighted by Gasteiger charge is 2.18. The molecule has 0 spiro atoms. The number of allylic oxidation sites excluding steroid dienone is 7. The summed E-state index contributed by atoms with van der Waals surface area (Å²) in [6.45, 7) is 4.84. The maximum absolute atomic E-state index is 12.5. The highest BCUT2D eigenvalue weighted by Crippen LogP contribution is 2.17. The molecule has 0 aliphatic heterocycles. The van der Waals surface area contributed by atoms with Crippen LogP contribution in [0.25, 0.3) is 0 Å². The average molecular weight is 997 g/mol. The van der Waals surface area contributed by atoms with Gasteiger partial charge in [-0.15, -0.1) is 0 Å². The summed E-state index contributed by atoms with van der Waals surface area (Å²) in [6.07, 6.45) is 77.2. The molecule has 0 fully saturated rings. The van der Waals surface area contributed by atoms with Gasteiger partial charge in [-0.1, -0.05) is 268 Å². The van der Waals surface area contributed by atoms with Crippen molar-refractivity contribution >= 4 is 11.9 Å². The Bertz CT molecular complexity index is 1190. The zero-order chi connectivity index (χ0) is 51.4. The number of amides is 1. The fourth-order valence-corrected chi connectivity index (χ4v) is 9.48. The van der Waals surface area contributed by atoms with Crippen LogP contribution >= 0.6 is 0 Å². The lowest BCUT2D eigenvalue weighted by Crippen LogP contribution is -2.45. The van der Waals surface area contributed by atoms with Gasteiger partial charge in [-0.2, -0.15) is 0 Å². The van der Waals surface area contributed by atoms with Crippen molar-refractivity contribution in [3.8, 4) is 0 Å². The number of aliphatic hydroxyl groups excluding tert-OH is 2. The molecule has 2 unspecified atom stereocenters. The second kappa shape index (κ2) is 60.4. The normalized spacial score (nSPS) is 12.9. The Morgan fingerprint density at radius 3 is 1.10 bits per heavy atom. The second-order valence-electron chi connectivity index (χ2n) is 21.4. The van der Waals surface area contributed by atoms with Crippen LogP contribution in [0.15, 0.2) is 48.6 Å². The molecule has 6 nitrogen and oxygen atoms in total. The Labute approximate surface area is 442 Å². The molecule has 0 bridgehead atoms. The summed E-state index contributed by atoms with van der Waals surface area (Å²) in [7, 11) is 0. The van der Waals surface area contributed by atoms with Crippen molar-refractivity contribution in [2.45, 2.75) is 341 Å². The number of ether oxygens (including phenoxy) is 1. The molecule has 0 aromatic rings. The summed E-state index contributed by atoms with van der Waals surface area (Å²) in [5.74, 6) is -0.124. The molecule has 416 valence electrons. The van der Waals surface area contributed by atoms with Crippen LogP contribution in [0.5, 0.6) is 0 Å². The van der Waals surface area contributed by atoms with E-state index in [1.165, 1.54) is 212 Å². The van der Waals surface area contributed by atoms with Crippen LogP contribution in [0.2, 0.25) is 0 Å². The van der Waals surface area contributed by atoms with Gasteiger partial charge in [-0.3, -0.25) is 9.59 Å². The minimum atomic E-state index is -0.864. The Hall–Kier alpha value is -2.18. The van der Waals surface area contributed by atoms with E-state index in [9.17, 15) is 19.8 Å². The number of hydrogen-bond acceptors (Lipinski definition) is 5. The molecule has 3 N–H and O–H groups in total. The molecule has 0 heterocycles. The van der Waals surface area contributed by atoms with Crippen LogP contribution < -0.4 is 5.32 Å². The first-order valence-corrected chi connectivity index (χ1v) is 31.4. The van der Waals surface area contributed by atoms with E-state index in [1.54, 1.807) is 6.08 Å². The largest absolute Gasteiger partial charge is 0.466 e. The molecule has 0 aromatic carbocycles. The quantitative estimate of drug-likeness (QED) is 0.0321. The number of nitrogens with one attached hydrogen (secondary N) is 1. The Balaban J connectivity index is 3.52. The molecular weight excluding hydrogens is 875 g/mol. The van der Waals surface area contributed by atoms with Crippen LogP contribution in [0.4, 0.5) is 0 Å². The summed E-state index contributed by atoms with van der Waals surface area (Å²) >= 11 is 0. The number of esters is 1. The molecule has 0 radical (unpaired) electrons. The highest BCUT2D eigenvalue weighted by molar-refractivity contribution is 5.76. The maximum Gasteiger partial charge on any atom is 0.305 e. The van der Waals surface area contributed by atoms with E-state index < -0.39 is 12.1 Å². The fraction of sp³-hybridized carbons (Fsp3) is 0.846. The van der Waals surface area contributed by atoms with E-state index in [0.717, 1.165) is 89.9 Å². The summed E-state index contributed by atoms with van der Waals surface area (Å²) < 4.78 is 5.46. The van der Waals surface area contributed by atoms with Gasteiger partial charge in [-0.25, -0.2) is 0 Å². The standard InChI is InChI=1S/C65H121NO5/c1-3-5-7-9-11-13-15-17-19-21-23-24-25-26-27-28-29-31-33-37-41-45-49-53-57-63(68)62(61-67)66-64(69)58-54-50-46-42-38-35-36-40-44-48-52-56-60-71-65(70)59-55-51-47-43-39-34-32-30-22-20-18-16-14-12-10-8-6-4-2/h14,16,20,22,36,40,53,57,62-63,67-68H,3-13,15,17-19,21,23-35,37-39,41-52,54-56,58-61H2,1-2H3,(H,66,69)/b16-14-,22-20-,40-36-,57-53+. The van der Waals surface area contributed by atoms with Crippen LogP contribution in [-0.4, -0.2) is 47.4 Å². The van der Waals surface area contributed by atoms with Gasteiger partial charge in [0.15, 0.2) is 0 Å². The smallest absolute Gasteiger partial charge is 0.305 e. The molecule has 2 atom stereocenters. The van der Waals surface area contributed by atoms with Crippen LogP contribution in [0.3, 0.4) is 0 Å². The lowest BCUT2D eigenvalue weighted by atomic mass is 10.0. The number of aliphatic hydroxyl groups is 2. The molecule has 6 heteroatoms. The van der Waals surface area contributed by atoms with E-state index in [2.05, 4.69) is 55.6 Å². The van der Waals surface area contributed by atoms with Crippen LogP contribution in [-0.2, 0) is 14.3 Å². The molecule has 71 heavy (non-hydrogen) atoms. The van der Waals surface area contributed by atoms with E-state index in [4.69, 9.17) is 4.74 Å². The van der Waals surface area contributed by atoms with Gasteiger partial charge in [0.2, 0.25) is 5.91 Å². The van der Waals surface area contributed by atoms with Crippen molar-refractivity contribution in [1.29, 1.82) is 0 Å². The summed E-state index contributed by atoms with van der Waals surface area (Å²) in [5, 5.41) is 23.2. The van der Waals surface area contributed by atoms with E-state index in [-0.39, 0.29) is 18.5 Å². The number of carbonyl (C=O) groups excluding carboxylic acids is 2.